The normalized spacial score (nSPS) is 12.3. The molecule has 0 fully saturated rings. The van der Waals surface area contributed by atoms with Gasteiger partial charge in [0.05, 0.1) is 11.1 Å². The molecule has 0 aliphatic heterocycles. The van der Waals surface area contributed by atoms with Gasteiger partial charge in [-0.25, -0.2) is 0 Å². The maximum absolute atomic E-state index is 6.19. The summed E-state index contributed by atoms with van der Waals surface area (Å²) < 4.78 is 12.3. The second kappa shape index (κ2) is 27.5. The average Bonchev–Trinajstić information content (AvgIpc) is 1.50. The highest BCUT2D eigenvalue weighted by atomic mass is 16.3. The molecule has 0 unspecified atom stereocenters. The molecule has 0 atom stereocenters. The highest BCUT2D eigenvalue weighted by molar-refractivity contribution is 6.12. The van der Waals surface area contributed by atoms with Crippen molar-refractivity contribution in [1.82, 2.24) is 0 Å². The van der Waals surface area contributed by atoms with Crippen LogP contribution in [0.4, 0.5) is 34.1 Å². The van der Waals surface area contributed by atoms with E-state index < -0.39 is 5.41 Å². The molecule has 22 aromatic rings. The molecular weight excluding hydrogens is 1420 g/mol. The average molecular weight is 1490 g/mol. The van der Waals surface area contributed by atoms with E-state index in [2.05, 4.69) is 422 Å². The van der Waals surface area contributed by atoms with Gasteiger partial charge in [-0.05, 0) is 253 Å². The number of fused-ring (bicyclic) bond motifs is 22. The minimum atomic E-state index is -0.439. The molecule has 0 amide bonds. The molecule has 1 spiro atoms. The van der Waals surface area contributed by atoms with Crippen molar-refractivity contribution < 1.29 is 8.83 Å². The van der Waals surface area contributed by atoms with E-state index in [-0.39, 0.29) is 0 Å². The lowest BCUT2D eigenvalue weighted by molar-refractivity contribution is 0.668. The zero-order chi connectivity index (χ0) is 77.1. The molecule has 4 nitrogen and oxygen atoms in total. The lowest BCUT2D eigenvalue weighted by Crippen LogP contribution is -2.26. The highest BCUT2D eigenvalue weighted by Gasteiger charge is 2.52. The molecule has 20 aromatic carbocycles. The molecule has 0 bridgehead atoms. The fraction of sp³-hybridized carbons (Fsp3) is 0.00885. The Labute approximate surface area is 677 Å². The molecule has 0 saturated heterocycles. The summed E-state index contributed by atoms with van der Waals surface area (Å²) in [5.74, 6) is 0. The van der Waals surface area contributed by atoms with E-state index in [1.165, 1.54) is 121 Å². The van der Waals surface area contributed by atoms with Crippen LogP contribution < -0.4 is 9.80 Å². The number of hydrogen-bond acceptors (Lipinski definition) is 4. The van der Waals surface area contributed by atoms with Crippen molar-refractivity contribution in [3.63, 3.8) is 0 Å². The van der Waals surface area contributed by atoms with E-state index in [1.54, 1.807) is 0 Å². The number of anilines is 6. The topological polar surface area (TPSA) is 32.8 Å². The molecule has 2 aliphatic carbocycles. The fourth-order valence-electron chi connectivity index (χ4n) is 19.0. The van der Waals surface area contributed by atoms with Crippen molar-refractivity contribution in [1.29, 1.82) is 0 Å². The molecule has 0 radical (unpaired) electrons. The van der Waals surface area contributed by atoms with Crippen molar-refractivity contribution in [3.8, 4) is 77.9 Å². The number of para-hydroxylation sites is 2. The Morgan fingerprint density at radius 1 is 0.171 bits per heavy atom. The first-order valence-corrected chi connectivity index (χ1v) is 40.2. The van der Waals surface area contributed by atoms with Crippen LogP contribution >= 0.6 is 0 Å². The molecule has 546 valence electrons. The summed E-state index contributed by atoms with van der Waals surface area (Å²) in [7, 11) is 0. The summed E-state index contributed by atoms with van der Waals surface area (Å²) >= 11 is 0. The zero-order valence-corrected chi connectivity index (χ0v) is 63.8. The van der Waals surface area contributed by atoms with Gasteiger partial charge < -0.3 is 18.6 Å². The predicted octanol–water partition coefficient (Wildman–Crippen LogP) is 31.4. The Bertz CT molecular complexity index is 7640. The van der Waals surface area contributed by atoms with Gasteiger partial charge in [0.2, 0.25) is 0 Å². The smallest absolute Gasteiger partial charge is 0.135 e. The Morgan fingerprint density at radius 3 is 1.03 bits per heavy atom. The second-order valence-corrected chi connectivity index (χ2v) is 30.9. The van der Waals surface area contributed by atoms with Crippen LogP contribution in [0.1, 0.15) is 22.3 Å². The lowest BCUT2D eigenvalue weighted by Gasteiger charge is -2.32. The van der Waals surface area contributed by atoms with E-state index >= 15 is 0 Å². The van der Waals surface area contributed by atoms with Crippen molar-refractivity contribution >= 4 is 121 Å². The van der Waals surface area contributed by atoms with Crippen molar-refractivity contribution in [3.05, 3.63) is 459 Å². The molecule has 2 aliphatic rings. The fourth-order valence-corrected chi connectivity index (χ4v) is 19.0. The Morgan fingerprint density at radius 2 is 0.504 bits per heavy atom. The lowest BCUT2D eigenvalue weighted by atomic mass is 9.70. The van der Waals surface area contributed by atoms with Gasteiger partial charge in [0.15, 0.2) is 0 Å². The second-order valence-electron chi connectivity index (χ2n) is 30.9. The molecule has 2 aromatic heterocycles. The van der Waals surface area contributed by atoms with Crippen LogP contribution in [0, 0.1) is 0 Å². The summed E-state index contributed by atoms with van der Waals surface area (Å²) in [5, 5.41) is 14.7. The van der Waals surface area contributed by atoms with Crippen LogP contribution in [-0.4, -0.2) is 0 Å². The largest absolute Gasteiger partial charge is 0.456 e. The molecule has 4 heteroatoms. The van der Waals surface area contributed by atoms with Gasteiger partial charge in [-0.1, -0.05) is 322 Å². The van der Waals surface area contributed by atoms with Crippen LogP contribution in [0.25, 0.3) is 165 Å². The minimum absolute atomic E-state index is 0.439. The number of hydrogen-bond donors (Lipinski definition) is 0. The van der Waals surface area contributed by atoms with Crippen LogP contribution in [-0.2, 0) is 5.41 Å². The van der Waals surface area contributed by atoms with E-state index in [1.807, 2.05) is 24.3 Å². The van der Waals surface area contributed by atoms with E-state index in [0.717, 1.165) is 100 Å². The molecule has 117 heavy (non-hydrogen) atoms. The van der Waals surface area contributed by atoms with Gasteiger partial charge in [0.25, 0.3) is 0 Å². The number of rotatable bonds is 11. The van der Waals surface area contributed by atoms with Gasteiger partial charge in [0, 0.05) is 55.5 Å². The third kappa shape index (κ3) is 11.2. The maximum Gasteiger partial charge on any atom is 0.135 e. The zero-order valence-electron chi connectivity index (χ0n) is 63.8. The van der Waals surface area contributed by atoms with E-state index in [9.17, 15) is 0 Å². The van der Waals surface area contributed by atoms with Gasteiger partial charge >= 0.3 is 0 Å². The molecule has 0 saturated carbocycles. The Kier molecular flexibility index (Phi) is 15.8. The first-order valence-electron chi connectivity index (χ1n) is 40.2. The molecule has 24 rings (SSSR count). The SMILES string of the molecule is c1ccc(-c2ccc(N(c3ccc(-c4ccc5oc6ccccc6c5c4)cc3)c3cccc(-c4ccc5c(ccc6ccccc65)c4)c3)cc2)cc1.c1ccc2c(c1)-c1ccccc1C21c2ccccc2-c2c(N(c3ccc(-c4ccc5c(ccc6ccccc65)c4)cc3)c3ccc(-c4ccc5oc6ccccc6c5c4)cc3)cccc21. The van der Waals surface area contributed by atoms with E-state index in [4.69, 9.17) is 8.83 Å². The number of benzene rings is 20. The Balaban J connectivity index is 0.000000141. The van der Waals surface area contributed by atoms with E-state index in [0.29, 0.717) is 0 Å². The Hall–Kier alpha value is -15.4. The third-order valence-electron chi connectivity index (χ3n) is 24.5. The maximum atomic E-state index is 6.19. The monoisotopic (exact) mass is 1490 g/mol. The van der Waals surface area contributed by atoms with Gasteiger partial charge in [-0.3, -0.25) is 0 Å². The molecule has 0 N–H and O–H groups in total. The summed E-state index contributed by atoms with van der Waals surface area (Å²) in [6.45, 7) is 0. The van der Waals surface area contributed by atoms with Crippen molar-refractivity contribution in [2.45, 2.75) is 5.41 Å². The quantitative estimate of drug-likeness (QED) is 0.121. The summed E-state index contributed by atoms with van der Waals surface area (Å²) in [6.07, 6.45) is 0. The van der Waals surface area contributed by atoms with Crippen molar-refractivity contribution in [2.75, 3.05) is 9.80 Å². The number of nitrogens with zero attached hydrogens (tertiary/aromatic N) is 2. The van der Waals surface area contributed by atoms with Crippen LogP contribution in [0.3, 0.4) is 0 Å². The summed E-state index contributed by atoms with van der Waals surface area (Å²) in [5.41, 5.74) is 32.1. The minimum Gasteiger partial charge on any atom is -0.456 e. The third-order valence-corrected chi connectivity index (χ3v) is 24.5. The molecular formula is C113H72N2O2. The standard InChI is InChI=1S/C63H39NO.C50H33NO/c1-2-13-48-42(12-1)24-25-45-38-43(30-36-49(45)48)40-26-32-46(33-27-40)64(47-34-28-41(29-35-47)44-31-37-61-54(39-44)52-16-6-10-23-60(52)65-61)59-22-11-21-58-62(59)53-17-5-9-20-57(53)63(58)55-18-7-3-14-50(55)51-15-4-8-19-56(51)63;1-2-9-34(10-3-1)35-19-25-42(26-20-35)51(43-27-21-36(22-28-43)40-24-30-50-48(33-40)47-15-6-7-16-49(47)52-50)44-13-8-12-38(32-44)39-23-29-46-41(31-39)18-17-37-11-4-5-14-45(37)46/h1-39H;1-33H. The van der Waals surface area contributed by atoms with Crippen molar-refractivity contribution in [2.24, 2.45) is 0 Å². The predicted molar refractivity (Wildman–Crippen MR) is 490 cm³/mol. The molecule has 2 heterocycles. The van der Waals surface area contributed by atoms with Crippen LogP contribution in [0.15, 0.2) is 446 Å². The first-order chi connectivity index (χ1) is 58.0. The highest BCUT2D eigenvalue weighted by Crippen LogP contribution is 2.65. The van der Waals surface area contributed by atoms with Crippen LogP contribution in [0.2, 0.25) is 0 Å². The first kappa shape index (κ1) is 67.3. The number of furan rings is 2. The summed E-state index contributed by atoms with van der Waals surface area (Å²) in [6, 6.07) is 159. The summed E-state index contributed by atoms with van der Waals surface area (Å²) in [4.78, 5) is 4.82. The van der Waals surface area contributed by atoms with Gasteiger partial charge in [-0.2, -0.15) is 0 Å². The van der Waals surface area contributed by atoms with Gasteiger partial charge in [0.1, 0.15) is 22.3 Å². The van der Waals surface area contributed by atoms with Crippen LogP contribution in [0.5, 0.6) is 0 Å². The van der Waals surface area contributed by atoms with Gasteiger partial charge in [-0.15, -0.1) is 0 Å².